The van der Waals surface area contributed by atoms with Gasteiger partial charge in [0.15, 0.2) is 11.5 Å². The number of aryl methyl sites for hydroxylation is 1. The van der Waals surface area contributed by atoms with Gasteiger partial charge in [-0.2, -0.15) is 5.10 Å². The summed E-state index contributed by atoms with van der Waals surface area (Å²) in [7, 11) is 1.58. The van der Waals surface area contributed by atoms with Crippen LogP contribution in [0.1, 0.15) is 21.5 Å². The van der Waals surface area contributed by atoms with E-state index in [0.717, 1.165) is 16.8 Å². The van der Waals surface area contributed by atoms with Crippen LogP contribution in [0, 0.1) is 6.92 Å². The molecule has 7 nitrogen and oxygen atoms in total. The van der Waals surface area contributed by atoms with Crippen LogP contribution in [0.4, 0.5) is 5.69 Å². The topological polar surface area (TPSA) is 78.3 Å². The zero-order valence-corrected chi connectivity index (χ0v) is 17.3. The maximum absolute atomic E-state index is 12.7. The highest BCUT2D eigenvalue weighted by Crippen LogP contribution is 2.31. The number of hydrogen-bond donors (Lipinski definition) is 1. The first kappa shape index (κ1) is 20.2. The van der Waals surface area contributed by atoms with Crippen LogP contribution in [-0.4, -0.2) is 27.8 Å². The number of carbonyl (C=O) groups is 1. The molecule has 0 unspecified atom stereocenters. The largest absolute Gasteiger partial charge is 0.493 e. The van der Waals surface area contributed by atoms with Crippen molar-refractivity contribution in [2.75, 3.05) is 12.4 Å². The van der Waals surface area contributed by atoms with Crippen molar-refractivity contribution < 1.29 is 14.3 Å². The molecule has 0 spiro atoms. The summed E-state index contributed by atoms with van der Waals surface area (Å²) >= 11 is 0. The summed E-state index contributed by atoms with van der Waals surface area (Å²) < 4.78 is 13.0. The molecule has 1 amide bonds. The number of carbonyl (C=O) groups excluding carboxylic acids is 1. The summed E-state index contributed by atoms with van der Waals surface area (Å²) in [4.78, 5) is 16.7. The van der Waals surface area contributed by atoms with E-state index in [9.17, 15) is 4.79 Å². The second-order valence-corrected chi connectivity index (χ2v) is 6.92. The highest BCUT2D eigenvalue weighted by atomic mass is 16.5. The Morgan fingerprint density at radius 2 is 1.87 bits per heavy atom. The van der Waals surface area contributed by atoms with Gasteiger partial charge in [0.2, 0.25) is 0 Å². The Morgan fingerprint density at radius 3 is 2.65 bits per heavy atom. The minimum absolute atomic E-state index is 0.259. The molecule has 4 rings (SSSR count). The van der Waals surface area contributed by atoms with E-state index < -0.39 is 0 Å². The monoisotopic (exact) mass is 414 g/mol. The predicted molar refractivity (Wildman–Crippen MR) is 118 cm³/mol. The molecule has 0 saturated carbocycles. The molecular formula is C24H22N4O3. The Balaban J connectivity index is 1.49. The van der Waals surface area contributed by atoms with E-state index in [4.69, 9.17) is 9.47 Å². The van der Waals surface area contributed by atoms with Gasteiger partial charge in [0.25, 0.3) is 5.91 Å². The van der Waals surface area contributed by atoms with Gasteiger partial charge >= 0.3 is 0 Å². The molecule has 4 aromatic rings. The number of nitrogens with one attached hydrogen (secondary N) is 1. The standard InChI is InChI=1S/C24H22N4O3/c1-17-5-3-4-6-21(17)28-15-19(14-26-28)24(29)27-20-7-8-22(30-2)23(13-20)31-16-18-9-11-25-12-10-18/h3-15H,16H2,1-2H3,(H,27,29). The van der Waals surface area contributed by atoms with Crippen molar-refractivity contribution in [3.63, 3.8) is 0 Å². The number of para-hydroxylation sites is 1. The van der Waals surface area contributed by atoms with Gasteiger partial charge in [-0.3, -0.25) is 9.78 Å². The molecule has 2 heterocycles. The van der Waals surface area contributed by atoms with Gasteiger partial charge in [-0.05, 0) is 48.4 Å². The number of ether oxygens (including phenoxy) is 2. The third kappa shape index (κ3) is 4.72. The van der Waals surface area contributed by atoms with Crippen molar-refractivity contribution in [1.82, 2.24) is 14.8 Å². The Bertz CT molecular complexity index is 1190. The van der Waals surface area contributed by atoms with E-state index in [1.165, 1.54) is 0 Å². The number of nitrogens with zero attached hydrogens (tertiary/aromatic N) is 3. The predicted octanol–water partition coefficient (Wildman–Crippen LogP) is 4.42. The number of pyridine rings is 1. The average Bonchev–Trinajstić information content (AvgIpc) is 3.29. The van der Waals surface area contributed by atoms with Crippen LogP contribution in [0.25, 0.3) is 5.69 Å². The van der Waals surface area contributed by atoms with Gasteiger partial charge in [-0.1, -0.05) is 18.2 Å². The minimum Gasteiger partial charge on any atom is -0.493 e. The average molecular weight is 414 g/mol. The molecule has 0 aliphatic rings. The van der Waals surface area contributed by atoms with E-state index in [1.807, 2.05) is 43.3 Å². The van der Waals surface area contributed by atoms with E-state index in [-0.39, 0.29) is 5.91 Å². The van der Waals surface area contributed by atoms with Gasteiger partial charge in [0.1, 0.15) is 6.61 Å². The molecule has 2 aromatic carbocycles. The maximum Gasteiger partial charge on any atom is 0.258 e. The summed E-state index contributed by atoms with van der Waals surface area (Å²) in [5.41, 5.74) is 4.04. The third-order valence-corrected chi connectivity index (χ3v) is 4.77. The number of hydrogen-bond acceptors (Lipinski definition) is 5. The molecule has 7 heteroatoms. The van der Waals surface area contributed by atoms with E-state index in [0.29, 0.717) is 29.4 Å². The van der Waals surface area contributed by atoms with Crippen LogP contribution in [0.15, 0.2) is 79.4 Å². The molecule has 2 aromatic heterocycles. The lowest BCUT2D eigenvalue weighted by atomic mass is 10.2. The molecule has 0 radical (unpaired) electrons. The fourth-order valence-corrected chi connectivity index (χ4v) is 3.10. The number of methoxy groups -OCH3 is 1. The lowest BCUT2D eigenvalue weighted by Crippen LogP contribution is -2.11. The number of rotatable bonds is 7. The molecule has 0 atom stereocenters. The van der Waals surface area contributed by atoms with Gasteiger partial charge in [-0.25, -0.2) is 4.68 Å². The highest BCUT2D eigenvalue weighted by Gasteiger charge is 2.13. The maximum atomic E-state index is 12.7. The SMILES string of the molecule is COc1ccc(NC(=O)c2cnn(-c3ccccc3C)c2)cc1OCc1ccncc1. The van der Waals surface area contributed by atoms with Crippen LogP contribution >= 0.6 is 0 Å². The lowest BCUT2D eigenvalue weighted by Gasteiger charge is -2.13. The zero-order chi connectivity index (χ0) is 21.6. The van der Waals surface area contributed by atoms with Crippen LogP contribution in [0.3, 0.4) is 0 Å². The first-order valence-corrected chi connectivity index (χ1v) is 9.76. The van der Waals surface area contributed by atoms with Crippen molar-refractivity contribution in [1.29, 1.82) is 0 Å². The zero-order valence-electron chi connectivity index (χ0n) is 17.3. The van der Waals surface area contributed by atoms with Crippen LogP contribution in [-0.2, 0) is 6.61 Å². The van der Waals surface area contributed by atoms with Crippen molar-refractivity contribution >= 4 is 11.6 Å². The number of anilines is 1. The number of benzene rings is 2. The molecule has 0 fully saturated rings. The van der Waals surface area contributed by atoms with E-state index >= 15 is 0 Å². The number of aromatic nitrogens is 3. The van der Waals surface area contributed by atoms with Crippen molar-refractivity contribution in [2.24, 2.45) is 0 Å². The molecule has 0 aliphatic heterocycles. The summed E-state index contributed by atoms with van der Waals surface area (Å²) in [6.07, 6.45) is 6.68. The van der Waals surface area contributed by atoms with Crippen molar-refractivity contribution in [2.45, 2.75) is 13.5 Å². The quantitative estimate of drug-likeness (QED) is 0.484. The summed E-state index contributed by atoms with van der Waals surface area (Å²) in [5, 5.41) is 7.21. The second-order valence-electron chi connectivity index (χ2n) is 6.92. The van der Waals surface area contributed by atoms with Gasteiger partial charge in [0, 0.05) is 30.3 Å². The minimum atomic E-state index is -0.259. The van der Waals surface area contributed by atoms with Gasteiger partial charge in [0.05, 0.1) is 24.6 Å². The summed E-state index contributed by atoms with van der Waals surface area (Å²) in [6.45, 7) is 2.36. The first-order valence-electron chi connectivity index (χ1n) is 9.76. The molecule has 0 saturated heterocycles. The third-order valence-electron chi connectivity index (χ3n) is 4.77. The molecule has 0 bridgehead atoms. The highest BCUT2D eigenvalue weighted by molar-refractivity contribution is 6.04. The Kier molecular flexibility index (Phi) is 5.93. The molecule has 0 aliphatic carbocycles. The van der Waals surface area contributed by atoms with Crippen LogP contribution < -0.4 is 14.8 Å². The Hall–Kier alpha value is -4.13. The Morgan fingerprint density at radius 1 is 1.06 bits per heavy atom. The Labute approximate surface area is 180 Å². The normalized spacial score (nSPS) is 10.5. The van der Waals surface area contributed by atoms with Crippen molar-refractivity contribution in [3.05, 3.63) is 96.1 Å². The van der Waals surface area contributed by atoms with Gasteiger partial charge < -0.3 is 14.8 Å². The van der Waals surface area contributed by atoms with Gasteiger partial charge in [-0.15, -0.1) is 0 Å². The number of amides is 1. The molecular weight excluding hydrogens is 392 g/mol. The summed E-state index contributed by atoms with van der Waals surface area (Å²) in [6, 6.07) is 16.9. The smallest absolute Gasteiger partial charge is 0.258 e. The van der Waals surface area contributed by atoms with E-state index in [2.05, 4.69) is 15.4 Å². The molecule has 31 heavy (non-hydrogen) atoms. The fourth-order valence-electron chi connectivity index (χ4n) is 3.10. The molecule has 156 valence electrons. The molecule has 1 N–H and O–H groups in total. The van der Waals surface area contributed by atoms with Crippen molar-refractivity contribution in [3.8, 4) is 17.2 Å². The van der Waals surface area contributed by atoms with E-state index in [1.54, 1.807) is 54.8 Å². The first-order chi connectivity index (χ1) is 15.1. The fraction of sp³-hybridized carbons (Fsp3) is 0.125. The van der Waals surface area contributed by atoms with Crippen LogP contribution in [0.5, 0.6) is 11.5 Å². The summed E-state index contributed by atoms with van der Waals surface area (Å²) in [5.74, 6) is 0.859. The lowest BCUT2D eigenvalue weighted by molar-refractivity contribution is 0.102. The van der Waals surface area contributed by atoms with Crippen LogP contribution in [0.2, 0.25) is 0 Å². The second kappa shape index (κ2) is 9.13.